The molecule has 0 amide bonds. The maximum absolute atomic E-state index is 10.1. The van der Waals surface area contributed by atoms with E-state index in [0.717, 1.165) is 23.6 Å². The first kappa shape index (κ1) is 14.9. The number of aryl methyl sites for hydroxylation is 1. The number of nitrogens with zero attached hydrogens (tertiary/aromatic N) is 2. The smallest absolute Gasteiger partial charge is 0.122 e. The van der Waals surface area contributed by atoms with Crippen molar-refractivity contribution in [2.45, 2.75) is 39.2 Å². The second-order valence-electron chi connectivity index (χ2n) is 6.81. The molecule has 0 bridgehead atoms. The molecular formula is C18H28N2O. The Morgan fingerprint density at radius 2 is 1.76 bits per heavy atom. The van der Waals surface area contributed by atoms with E-state index in [2.05, 4.69) is 15.9 Å². The zero-order valence-electron chi connectivity index (χ0n) is 13.2. The summed E-state index contributed by atoms with van der Waals surface area (Å²) in [4.78, 5) is 5.14. The minimum absolute atomic E-state index is 0.483. The van der Waals surface area contributed by atoms with Crippen LogP contribution in [-0.4, -0.2) is 47.6 Å². The van der Waals surface area contributed by atoms with Crippen LogP contribution in [0.5, 0.6) is 5.75 Å². The first-order valence-electron chi connectivity index (χ1n) is 8.44. The number of phenolic OH excluding ortho intramolecular Hbond substituents is 1. The Morgan fingerprint density at radius 3 is 2.48 bits per heavy atom. The Kier molecular flexibility index (Phi) is 4.81. The molecule has 3 heteroatoms. The predicted octanol–water partition coefficient (Wildman–Crippen LogP) is 3.01. The van der Waals surface area contributed by atoms with Crippen molar-refractivity contribution in [1.29, 1.82) is 0 Å². The standard InChI is InChI=1S/C18H28N2O/c1-15-5-4-6-17(18(15)21)14-20-11-7-16(8-12-20)13-19-9-2-3-10-19/h4-6,16,21H,2-3,7-14H2,1H3. The summed E-state index contributed by atoms with van der Waals surface area (Å²) < 4.78 is 0. The van der Waals surface area contributed by atoms with E-state index in [1.807, 2.05) is 19.1 Å². The summed E-state index contributed by atoms with van der Waals surface area (Å²) in [6, 6.07) is 6.07. The van der Waals surface area contributed by atoms with Gasteiger partial charge in [0.1, 0.15) is 5.75 Å². The van der Waals surface area contributed by atoms with Gasteiger partial charge in [-0.15, -0.1) is 0 Å². The number of para-hydroxylation sites is 1. The SMILES string of the molecule is Cc1cccc(CN2CCC(CN3CCCC3)CC2)c1O. The fraction of sp³-hybridized carbons (Fsp3) is 0.667. The number of hydrogen-bond donors (Lipinski definition) is 1. The van der Waals surface area contributed by atoms with Crippen LogP contribution in [-0.2, 0) is 6.54 Å². The van der Waals surface area contributed by atoms with Gasteiger partial charge in [-0.05, 0) is 70.3 Å². The number of aromatic hydroxyl groups is 1. The number of phenols is 1. The molecule has 2 aliphatic heterocycles. The number of hydrogen-bond acceptors (Lipinski definition) is 3. The Bertz CT molecular complexity index is 460. The van der Waals surface area contributed by atoms with Gasteiger partial charge in [0, 0.05) is 18.7 Å². The van der Waals surface area contributed by atoms with Crippen molar-refractivity contribution in [2.75, 3.05) is 32.7 Å². The first-order valence-corrected chi connectivity index (χ1v) is 8.44. The van der Waals surface area contributed by atoms with Crippen LogP contribution in [0.3, 0.4) is 0 Å². The largest absolute Gasteiger partial charge is 0.507 e. The van der Waals surface area contributed by atoms with Crippen LogP contribution >= 0.6 is 0 Å². The van der Waals surface area contributed by atoms with Gasteiger partial charge < -0.3 is 10.0 Å². The fourth-order valence-electron chi connectivity index (χ4n) is 3.75. The van der Waals surface area contributed by atoms with Gasteiger partial charge in [0.2, 0.25) is 0 Å². The van der Waals surface area contributed by atoms with E-state index in [1.165, 1.54) is 58.4 Å². The Hall–Kier alpha value is -1.06. The molecule has 116 valence electrons. The normalized spacial score (nSPS) is 22.0. The van der Waals surface area contributed by atoms with E-state index in [9.17, 15) is 5.11 Å². The second-order valence-corrected chi connectivity index (χ2v) is 6.81. The highest BCUT2D eigenvalue weighted by molar-refractivity contribution is 5.39. The minimum atomic E-state index is 0.483. The number of benzene rings is 1. The molecule has 1 N–H and O–H groups in total. The van der Waals surface area contributed by atoms with Crippen LogP contribution in [0, 0.1) is 12.8 Å². The quantitative estimate of drug-likeness (QED) is 0.922. The summed E-state index contributed by atoms with van der Waals surface area (Å²) in [5, 5.41) is 10.1. The lowest BCUT2D eigenvalue weighted by Gasteiger charge is -2.34. The topological polar surface area (TPSA) is 26.7 Å². The van der Waals surface area contributed by atoms with Crippen LogP contribution < -0.4 is 0 Å². The summed E-state index contributed by atoms with van der Waals surface area (Å²) in [6.45, 7) is 9.15. The van der Waals surface area contributed by atoms with Gasteiger partial charge in [-0.25, -0.2) is 0 Å². The third kappa shape index (κ3) is 3.78. The van der Waals surface area contributed by atoms with Gasteiger partial charge in [0.05, 0.1) is 0 Å². The highest BCUT2D eigenvalue weighted by Crippen LogP contribution is 2.26. The molecule has 21 heavy (non-hydrogen) atoms. The van der Waals surface area contributed by atoms with Crippen LogP contribution in [0.4, 0.5) is 0 Å². The molecule has 0 saturated carbocycles. The van der Waals surface area contributed by atoms with Gasteiger partial charge in [-0.3, -0.25) is 4.90 Å². The second kappa shape index (κ2) is 6.80. The van der Waals surface area contributed by atoms with Crippen molar-refractivity contribution in [3.63, 3.8) is 0 Å². The van der Waals surface area contributed by atoms with Crippen LogP contribution in [0.25, 0.3) is 0 Å². The van der Waals surface area contributed by atoms with Gasteiger partial charge in [0.25, 0.3) is 0 Å². The van der Waals surface area contributed by atoms with Crippen LogP contribution in [0.15, 0.2) is 18.2 Å². The lowest BCUT2D eigenvalue weighted by molar-refractivity contribution is 0.148. The van der Waals surface area contributed by atoms with Gasteiger partial charge in [-0.2, -0.15) is 0 Å². The molecule has 0 atom stereocenters. The van der Waals surface area contributed by atoms with E-state index in [4.69, 9.17) is 0 Å². The minimum Gasteiger partial charge on any atom is -0.507 e. The summed E-state index contributed by atoms with van der Waals surface area (Å²) in [7, 11) is 0. The number of likely N-dealkylation sites (tertiary alicyclic amines) is 2. The molecular weight excluding hydrogens is 260 g/mol. The van der Waals surface area contributed by atoms with E-state index in [1.54, 1.807) is 0 Å². The summed E-state index contributed by atoms with van der Waals surface area (Å²) in [6.07, 6.45) is 5.41. The zero-order chi connectivity index (χ0) is 14.7. The molecule has 3 rings (SSSR count). The predicted molar refractivity (Wildman–Crippen MR) is 86.5 cm³/mol. The van der Waals surface area contributed by atoms with Gasteiger partial charge in [0.15, 0.2) is 0 Å². The molecule has 0 radical (unpaired) electrons. The Labute approximate surface area is 128 Å². The maximum Gasteiger partial charge on any atom is 0.122 e. The van der Waals surface area contributed by atoms with Gasteiger partial charge >= 0.3 is 0 Å². The van der Waals surface area contributed by atoms with Crippen molar-refractivity contribution in [3.05, 3.63) is 29.3 Å². The van der Waals surface area contributed by atoms with Crippen molar-refractivity contribution in [1.82, 2.24) is 9.80 Å². The molecule has 1 aromatic carbocycles. The van der Waals surface area contributed by atoms with Gasteiger partial charge in [-0.1, -0.05) is 18.2 Å². The summed E-state index contributed by atoms with van der Waals surface area (Å²) in [5.41, 5.74) is 2.06. The number of piperidine rings is 1. The summed E-state index contributed by atoms with van der Waals surface area (Å²) in [5.74, 6) is 1.36. The molecule has 0 unspecified atom stereocenters. The Balaban J connectivity index is 1.48. The average molecular weight is 288 g/mol. The monoisotopic (exact) mass is 288 g/mol. The molecule has 2 fully saturated rings. The third-order valence-corrected chi connectivity index (χ3v) is 5.14. The summed E-state index contributed by atoms with van der Waals surface area (Å²) >= 11 is 0. The Morgan fingerprint density at radius 1 is 1.05 bits per heavy atom. The van der Waals surface area contributed by atoms with Crippen LogP contribution in [0.1, 0.15) is 36.8 Å². The highest BCUT2D eigenvalue weighted by atomic mass is 16.3. The zero-order valence-corrected chi connectivity index (χ0v) is 13.2. The first-order chi connectivity index (χ1) is 10.2. The van der Waals surface area contributed by atoms with Crippen molar-refractivity contribution >= 4 is 0 Å². The van der Waals surface area contributed by atoms with Crippen molar-refractivity contribution < 1.29 is 5.11 Å². The fourth-order valence-corrected chi connectivity index (χ4v) is 3.75. The van der Waals surface area contributed by atoms with E-state index in [-0.39, 0.29) is 0 Å². The number of rotatable bonds is 4. The maximum atomic E-state index is 10.1. The van der Waals surface area contributed by atoms with E-state index in [0.29, 0.717) is 5.75 Å². The average Bonchev–Trinajstić information content (AvgIpc) is 2.99. The van der Waals surface area contributed by atoms with Crippen molar-refractivity contribution in [3.8, 4) is 5.75 Å². The molecule has 0 aromatic heterocycles. The van der Waals surface area contributed by atoms with E-state index >= 15 is 0 Å². The molecule has 3 nitrogen and oxygen atoms in total. The molecule has 2 heterocycles. The van der Waals surface area contributed by atoms with E-state index < -0.39 is 0 Å². The lowest BCUT2D eigenvalue weighted by Crippen LogP contribution is -2.37. The molecule has 2 saturated heterocycles. The molecule has 0 aliphatic carbocycles. The lowest BCUT2D eigenvalue weighted by atomic mass is 9.95. The van der Waals surface area contributed by atoms with Crippen LogP contribution in [0.2, 0.25) is 0 Å². The van der Waals surface area contributed by atoms with Crippen molar-refractivity contribution in [2.24, 2.45) is 5.92 Å². The highest BCUT2D eigenvalue weighted by Gasteiger charge is 2.23. The third-order valence-electron chi connectivity index (χ3n) is 5.14. The molecule has 1 aromatic rings. The molecule has 2 aliphatic rings. The molecule has 0 spiro atoms.